The molecule has 1 aromatic carbocycles. The number of piperidine rings is 1. The zero-order valence-electron chi connectivity index (χ0n) is 13.7. The Morgan fingerprint density at radius 2 is 2.10 bits per heavy atom. The Labute approximate surface area is 129 Å². The summed E-state index contributed by atoms with van der Waals surface area (Å²) < 4.78 is 5.30. The molecule has 0 saturated carbocycles. The summed E-state index contributed by atoms with van der Waals surface area (Å²) in [5, 5.41) is 3.79. The van der Waals surface area contributed by atoms with Crippen LogP contribution in [0.3, 0.4) is 0 Å². The second-order valence-electron chi connectivity index (χ2n) is 6.32. The normalized spacial score (nSPS) is 24.9. The topological polar surface area (TPSA) is 24.5 Å². The second kappa shape index (κ2) is 8.52. The van der Waals surface area contributed by atoms with E-state index in [9.17, 15) is 0 Å². The van der Waals surface area contributed by atoms with Crippen molar-refractivity contribution in [3.8, 4) is 0 Å². The van der Waals surface area contributed by atoms with E-state index in [4.69, 9.17) is 4.74 Å². The summed E-state index contributed by atoms with van der Waals surface area (Å²) in [6.45, 7) is 8.84. The molecule has 3 heteroatoms. The van der Waals surface area contributed by atoms with Gasteiger partial charge in [-0.3, -0.25) is 4.90 Å². The van der Waals surface area contributed by atoms with E-state index < -0.39 is 0 Å². The number of rotatable bonds is 7. The third-order valence-electron chi connectivity index (χ3n) is 4.55. The van der Waals surface area contributed by atoms with Crippen LogP contribution in [0.15, 0.2) is 30.3 Å². The van der Waals surface area contributed by atoms with Gasteiger partial charge in [-0.05, 0) is 30.9 Å². The summed E-state index contributed by atoms with van der Waals surface area (Å²) in [6.07, 6.45) is 2.36. The number of nitrogens with one attached hydrogen (secondary N) is 1. The zero-order chi connectivity index (χ0) is 15.1. The molecule has 0 spiro atoms. The van der Waals surface area contributed by atoms with Crippen LogP contribution in [0.4, 0.5) is 0 Å². The van der Waals surface area contributed by atoms with Crippen molar-refractivity contribution in [1.29, 1.82) is 0 Å². The van der Waals surface area contributed by atoms with Gasteiger partial charge >= 0.3 is 0 Å². The largest absolute Gasteiger partial charge is 0.383 e. The molecule has 21 heavy (non-hydrogen) atoms. The van der Waals surface area contributed by atoms with E-state index in [-0.39, 0.29) is 0 Å². The minimum Gasteiger partial charge on any atom is -0.383 e. The van der Waals surface area contributed by atoms with E-state index >= 15 is 0 Å². The van der Waals surface area contributed by atoms with Crippen molar-refractivity contribution in [1.82, 2.24) is 10.2 Å². The van der Waals surface area contributed by atoms with Crippen molar-refractivity contribution in [3.05, 3.63) is 35.9 Å². The first-order valence-electron chi connectivity index (χ1n) is 8.24. The third-order valence-corrected chi connectivity index (χ3v) is 4.55. The van der Waals surface area contributed by atoms with Crippen LogP contribution in [-0.2, 0) is 11.3 Å². The molecule has 0 aliphatic carbocycles. The molecule has 2 rings (SSSR count). The molecule has 1 fully saturated rings. The maximum absolute atomic E-state index is 5.30. The summed E-state index contributed by atoms with van der Waals surface area (Å²) in [6, 6.07) is 11.9. The summed E-state index contributed by atoms with van der Waals surface area (Å²) in [7, 11) is 1.79. The molecule has 1 heterocycles. The van der Waals surface area contributed by atoms with Crippen molar-refractivity contribution < 1.29 is 4.74 Å². The molecular formula is C18H30N2O. The maximum Gasteiger partial charge on any atom is 0.0615 e. The number of hydrogen-bond donors (Lipinski definition) is 1. The number of likely N-dealkylation sites (tertiary alicyclic amines) is 1. The number of methoxy groups -OCH3 is 1. The van der Waals surface area contributed by atoms with Gasteiger partial charge in [0.15, 0.2) is 0 Å². The SMILES string of the molecule is CC[C@H](COC)N[C@H]1CCN(Cc2ccccc2)C[C@@H]1C. The summed E-state index contributed by atoms with van der Waals surface area (Å²) in [4.78, 5) is 2.58. The predicted molar refractivity (Wildman–Crippen MR) is 88.4 cm³/mol. The van der Waals surface area contributed by atoms with E-state index in [1.165, 1.54) is 25.1 Å². The van der Waals surface area contributed by atoms with Crippen LogP contribution in [-0.4, -0.2) is 43.8 Å². The van der Waals surface area contributed by atoms with Crippen LogP contribution in [0, 0.1) is 5.92 Å². The van der Waals surface area contributed by atoms with Crippen molar-refractivity contribution in [2.75, 3.05) is 26.8 Å². The number of ether oxygens (including phenoxy) is 1. The van der Waals surface area contributed by atoms with Gasteiger partial charge in [0.25, 0.3) is 0 Å². The quantitative estimate of drug-likeness (QED) is 0.835. The van der Waals surface area contributed by atoms with Gasteiger partial charge in [-0.2, -0.15) is 0 Å². The molecule has 0 unspecified atom stereocenters. The van der Waals surface area contributed by atoms with Gasteiger partial charge in [-0.15, -0.1) is 0 Å². The molecular weight excluding hydrogens is 260 g/mol. The fourth-order valence-electron chi connectivity index (χ4n) is 3.25. The molecule has 1 aliphatic rings. The average molecular weight is 290 g/mol. The Kier molecular flexibility index (Phi) is 6.68. The van der Waals surface area contributed by atoms with Crippen LogP contribution >= 0.6 is 0 Å². The van der Waals surface area contributed by atoms with Crippen molar-refractivity contribution in [2.45, 2.75) is 45.3 Å². The van der Waals surface area contributed by atoms with E-state index in [0.717, 1.165) is 19.6 Å². The first-order chi connectivity index (χ1) is 10.2. The number of hydrogen-bond acceptors (Lipinski definition) is 3. The zero-order valence-corrected chi connectivity index (χ0v) is 13.7. The van der Waals surface area contributed by atoms with Crippen LogP contribution in [0.1, 0.15) is 32.3 Å². The molecule has 3 atom stereocenters. The number of benzene rings is 1. The molecule has 0 radical (unpaired) electrons. The minimum absolute atomic E-state index is 0.489. The second-order valence-corrected chi connectivity index (χ2v) is 6.32. The lowest BCUT2D eigenvalue weighted by molar-refractivity contribution is 0.110. The van der Waals surface area contributed by atoms with Crippen LogP contribution < -0.4 is 5.32 Å². The van der Waals surface area contributed by atoms with Crippen LogP contribution in [0.25, 0.3) is 0 Å². The van der Waals surface area contributed by atoms with Gasteiger partial charge in [-0.1, -0.05) is 44.2 Å². The van der Waals surface area contributed by atoms with Gasteiger partial charge < -0.3 is 10.1 Å². The highest BCUT2D eigenvalue weighted by atomic mass is 16.5. The Morgan fingerprint density at radius 3 is 2.71 bits per heavy atom. The first kappa shape index (κ1) is 16.5. The Morgan fingerprint density at radius 1 is 1.33 bits per heavy atom. The Bertz CT molecular complexity index is 395. The predicted octanol–water partition coefficient (Wildman–Crippen LogP) is 2.91. The minimum atomic E-state index is 0.489. The molecule has 1 aromatic rings. The average Bonchev–Trinajstić information content (AvgIpc) is 2.50. The molecule has 0 aromatic heterocycles. The lowest BCUT2D eigenvalue weighted by atomic mass is 9.92. The van der Waals surface area contributed by atoms with E-state index in [1.54, 1.807) is 7.11 Å². The van der Waals surface area contributed by atoms with Crippen LogP contribution in [0.5, 0.6) is 0 Å². The Hall–Kier alpha value is -0.900. The summed E-state index contributed by atoms with van der Waals surface area (Å²) in [5.74, 6) is 0.688. The van der Waals surface area contributed by atoms with Gasteiger partial charge in [0, 0.05) is 32.3 Å². The monoisotopic (exact) mass is 290 g/mol. The Balaban J connectivity index is 1.81. The lowest BCUT2D eigenvalue weighted by Gasteiger charge is -2.39. The smallest absolute Gasteiger partial charge is 0.0615 e. The van der Waals surface area contributed by atoms with Crippen LogP contribution in [0.2, 0.25) is 0 Å². The fraction of sp³-hybridized carbons (Fsp3) is 0.667. The van der Waals surface area contributed by atoms with Gasteiger partial charge in [0.1, 0.15) is 0 Å². The highest BCUT2D eigenvalue weighted by molar-refractivity contribution is 5.14. The van der Waals surface area contributed by atoms with Gasteiger partial charge in [0.2, 0.25) is 0 Å². The molecule has 1 N–H and O–H groups in total. The standard InChI is InChI=1S/C18H30N2O/c1-4-17(14-21-3)19-18-10-11-20(12-15(18)2)13-16-8-6-5-7-9-16/h5-9,15,17-19H,4,10-14H2,1-3H3/t15-,17+,18-/m0/s1. The summed E-state index contributed by atoms with van der Waals surface area (Å²) in [5.41, 5.74) is 1.42. The molecule has 0 bridgehead atoms. The molecule has 0 amide bonds. The third kappa shape index (κ3) is 5.10. The summed E-state index contributed by atoms with van der Waals surface area (Å²) >= 11 is 0. The molecule has 3 nitrogen and oxygen atoms in total. The van der Waals surface area contributed by atoms with Crippen molar-refractivity contribution in [2.24, 2.45) is 5.92 Å². The van der Waals surface area contributed by atoms with E-state index in [0.29, 0.717) is 18.0 Å². The highest BCUT2D eigenvalue weighted by Crippen LogP contribution is 2.19. The first-order valence-corrected chi connectivity index (χ1v) is 8.24. The fourth-order valence-corrected chi connectivity index (χ4v) is 3.25. The van der Waals surface area contributed by atoms with Gasteiger partial charge in [-0.25, -0.2) is 0 Å². The molecule has 118 valence electrons. The molecule has 1 aliphatic heterocycles. The van der Waals surface area contributed by atoms with E-state index in [2.05, 4.69) is 54.4 Å². The van der Waals surface area contributed by atoms with Crippen molar-refractivity contribution >= 4 is 0 Å². The van der Waals surface area contributed by atoms with E-state index in [1.807, 2.05) is 0 Å². The van der Waals surface area contributed by atoms with Crippen molar-refractivity contribution in [3.63, 3.8) is 0 Å². The maximum atomic E-state index is 5.30. The van der Waals surface area contributed by atoms with Gasteiger partial charge in [0.05, 0.1) is 6.61 Å². The molecule has 1 saturated heterocycles. The highest BCUT2D eigenvalue weighted by Gasteiger charge is 2.27. The lowest BCUT2D eigenvalue weighted by Crippen LogP contribution is -2.51. The number of nitrogens with zero attached hydrogens (tertiary/aromatic N) is 1.